The van der Waals surface area contributed by atoms with Gasteiger partial charge in [0.15, 0.2) is 0 Å². The van der Waals surface area contributed by atoms with Gasteiger partial charge in [0.2, 0.25) is 6.29 Å². The molecule has 0 aromatic carbocycles. The third kappa shape index (κ3) is 2.44. The minimum atomic E-state index is -0.336. The first-order valence-corrected chi connectivity index (χ1v) is 8.74. The molecule has 4 unspecified atom stereocenters. The standard InChI is InChI=1S/C18H26O3/c1-2-16(21-18-7-5-12(11-18)6-8-18)20-17(19)15-10-13-3-4-14(15)9-13/h3-4,12-16H,2,5-11H2,1H3. The lowest BCUT2D eigenvalue weighted by Gasteiger charge is -2.32. The van der Waals surface area contributed by atoms with Gasteiger partial charge < -0.3 is 9.47 Å². The quantitative estimate of drug-likeness (QED) is 0.438. The van der Waals surface area contributed by atoms with Crippen LogP contribution in [0, 0.1) is 23.7 Å². The van der Waals surface area contributed by atoms with Crippen molar-refractivity contribution in [1.82, 2.24) is 0 Å². The van der Waals surface area contributed by atoms with Gasteiger partial charge in [0.05, 0.1) is 11.5 Å². The van der Waals surface area contributed by atoms with Gasteiger partial charge >= 0.3 is 5.97 Å². The van der Waals surface area contributed by atoms with Crippen molar-refractivity contribution in [2.45, 2.75) is 70.2 Å². The Bertz CT molecular complexity index is 447. The molecule has 116 valence electrons. The minimum Gasteiger partial charge on any atom is -0.436 e. The molecule has 3 fully saturated rings. The SMILES string of the molecule is CCC(OC(=O)C1CC2C=CC1C2)OC12CCC(CC1)C2. The predicted octanol–water partition coefficient (Wildman–Crippen LogP) is 3.83. The first kappa shape index (κ1) is 13.8. The number of allylic oxidation sites excluding steroid dienone is 2. The summed E-state index contributed by atoms with van der Waals surface area (Å²) < 4.78 is 12.0. The molecule has 0 N–H and O–H groups in total. The molecule has 4 aliphatic rings. The first-order valence-electron chi connectivity index (χ1n) is 8.74. The Hall–Kier alpha value is -0.830. The zero-order chi connectivity index (χ0) is 14.4. The Morgan fingerprint density at radius 2 is 2.10 bits per heavy atom. The van der Waals surface area contributed by atoms with E-state index in [2.05, 4.69) is 19.1 Å². The number of carbonyl (C=O) groups is 1. The van der Waals surface area contributed by atoms with Crippen molar-refractivity contribution in [1.29, 1.82) is 0 Å². The van der Waals surface area contributed by atoms with Crippen LogP contribution in [-0.2, 0) is 14.3 Å². The lowest BCUT2D eigenvalue weighted by molar-refractivity contribution is -0.215. The van der Waals surface area contributed by atoms with Crippen LogP contribution in [-0.4, -0.2) is 17.9 Å². The van der Waals surface area contributed by atoms with E-state index in [-0.39, 0.29) is 23.8 Å². The molecular weight excluding hydrogens is 264 g/mol. The van der Waals surface area contributed by atoms with Gasteiger partial charge in [0.1, 0.15) is 0 Å². The average molecular weight is 290 g/mol. The van der Waals surface area contributed by atoms with E-state index in [0.29, 0.717) is 11.8 Å². The van der Waals surface area contributed by atoms with E-state index >= 15 is 0 Å². The van der Waals surface area contributed by atoms with Gasteiger partial charge in [-0.2, -0.15) is 0 Å². The van der Waals surface area contributed by atoms with Crippen LogP contribution in [0.4, 0.5) is 0 Å². The van der Waals surface area contributed by atoms with Crippen LogP contribution >= 0.6 is 0 Å². The van der Waals surface area contributed by atoms with Crippen molar-refractivity contribution in [2.24, 2.45) is 23.7 Å². The molecule has 0 aromatic rings. The summed E-state index contributed by atoms with van der Waals surface area (Å²) in [7, 11) is 0. The van der Waals surface area contributed by atoms with Crippen molar-refractivity contribution in [3.63, 3.8) is 0 Å². The summed E-state index contributed by atoms with van der Waals surface area (Å²) in [6.07, 6.45) is 13.1. The summed E-state index contributed by atoms with van der Waals surface area (Å²) in [6, 6.07) is 0. The van der Waals surface area contributed by atoms with Crippen molar-refractivity contribution >= 4 is 5.97 Å². The summed E-state index contributed by atoms with van der Waals surface area (Å²) in [5.41, 5.74) is 0.0280. The second-order valence-electron chi connectivity index (χ2n) is 7.61. The van der Waals surface area contributed by atoms with Crippen molar-refractivity contribution < 1.29 is 14.3 Å². The molecule has 3 nitrogen and oxygen atoms in total. The highest BCUT2D eigenvalue weighted by atomic mass is 16.7. The fourth-order valence-electron chi connectivity index (χ4n) is 5.04. The fraction of sp³-hybridized carbons (Fsp3) is 0.833. The Morgan fingerprint density at radius 3 is 2.62 bits per heavy atom. The van der Waals surface area contributed by atoms with E-state index in [1.165, 1.54) is 19.3 Å². The van der Waals surface area contributed by atoms with Gasteiger partial charge in [-0.3, -0.25) is 4.79 Å². The number of fused-ring (bicyclic) bond motifs is 4. The van der Waals surface area contributed by atoms with Crippen molar-refractivity contribution in [3.05, 3.63) is 12.2 Å². The smallest absolute Gasteiger partial charge is 0.311 e. The molecular formula is C18H26O3. The molecule has 3 heteroatoms. The van der Waals surface area contributed by atoms with E-state index in [9.17, 15) is 4.79 Å². The Kier molecular flexibility index (Phi) is 3.36. The number of hydrogen-bond donors (Lipinski definition) is 0. The third-order valence-corrected chi connectivity index (χ3v) is 6.22. The summed E-state index contributed by atoms with van der Waals surface area (Å²) in [4.78, 5) is 12.4. The molecule has 21 heavy (non-hydrogen) atoms. The maximum Gasteiger partial charge on any atom is 0.311 e. The molecule has 3 saturated carbocycles. The fourth-order valence-corrected chi connectivity index (χ4v) is 5.04. The normalized spacial score (nSPS) is 44.4. The average Bonchev–Trinajstić information content (AvgIpc) is 3.26. The molecule has 0 radical (unpaired) electrons. The molecule has 4 aliphatic carbocycles. The van der Waals surface area contributed by atoms with E-state index in [1.54, 1.807) is 0 Å². The van der Waals surface area contributed by atoms with Crippen LogP contribution < -0.4 is 0 Å². The highest BCUT2D eigenvalue weighted by molar-refractivity contribution is 5.74. The third-order valence-electron chi connectivity index (χ3n) is 6.22. The largest absolute Gasteiger partial charge is 0.436 e. The summed E-state index contributed by atoms with van der Waals surface area (Å²) >= 11 is 0. The van der Waals surface area contributed by atoms with Crippen molar-refractivity contribution in [2.75, 3.05) is 0 Å². The van der Waals surface area contributed by atoms with Crippen LogP contribution in [0.1, 0.15) is 58.3 Å². The molecule has 0 aliphatic heterocycles. The molecule has 0 spiro atoms. The molecule has 0 aromatic heterocycles. The lowest BCUT2D eigenvalue weighted by atomic mass is 9.94. The number of ether oxygens (including phenoxy) is 2. The van der Waals surface area contributed by atoms with Gasteiger partial charge in [0, 0.05) is 6.42 Å². The molecule has 4 bridgehead atoms. The molecule has 0 heterocycles. The number of hydrogen-bond acceptors (Lipinski definition) is 3. The monoisotopic (exact) mass is 290 g/mol. The van der Waals surface area contributed by atoms with Gasteiger partial charge in [0.25, 0.3) is 0 Å². The highest BCUT2D eigenvalue weighted by Crippen LogP contribution is 2.51. The Balaban J connectivity index is 1.36. The molecule has 4 rings (SSSR count). The zero-order valence-electron chi connectivity index (χ0n) is 12.9. The topological polar surface area (TPSA) is 35.5 Å². The molecule has 4 atom stereocenters. The van der Waals surface area contributed by atoms with Crippen LogP contribution in [0.5, 0.6) is 0 Å². The Morgan fingerprint density at radius 1 is 1.29 bits per heavy atom. The Labute approximate surface area is 127 Å². The second kappa shape index (κ2) is 5.12. The number of rotatable bonds is 5. The van der Waals surface area contributed by atoms with Gasteiger partial charge in [-0.25, -0.2) is 0 Å². The van der Waals surface area contributed by atoms with E-state index < -0.39 is 0 Å². The van der Waals surface area contributed by atoms with E-state index in [1.807, 2.05) is 0 Å². The summed E-state index contributed by atoms with van der Waals surface area (Å²) in [6.45, 7) is 2.05. The van der Waals surface area contributed by atoms with Gasteiger partial charge in [-0.05, 0) is 62.7 Å². The second-order valence-corrected chi connectivity index (χ2v) is 7.61. The predicted molar refractivity (Wildman–Crippen MR) is 79.4 cm³/mol. The van der Waals surface area contributed by atoms with Crippen molar-refractivity contribution in [3.8, 4) is 0 Å². The molecule has 0 saturated heterocycles. The van der Waals surface area contributed by atoms with Crippen LogP contribution in [0.3, 0.4) is 0 Å². The van der Waals surface area contributed by atoms with E-state index in [4.69, 9.17) is 9.47 Å². The number of esters is 1. The maximum absolute atomic E-state index is 12.4. The van der Waals surface area contributed by atoms with Gasteiger partial charge in [-0.1, -0.05) is 19.1 Å². The van der Waals surface area contributed by atoms with Crippen LogP contribution in [0.2, 0.25) is 0 Å². The van der Waals surface area contributed by atoms with E-state index in [0.717, 1.165) is 38.0 Å². The zero-order valence-corrected chi connectivity index (χ0v) is 12.9. The lowest BCUT2D eigenvalue weighted by Crippen LogP contribution is -2.36. The summed E-state index contributed by atoms with van der Waals surface area (Å²) in [5.74, 6) is 1.93. The van der Waals surface area contributed by atoms with Crippen LogP contribution in [0.25, 0.3) is 0 Å². The minimum absolute atomic E-state index is 0.0253. The van der Waals surface area contributed by atoms with Crippen LogP contribution in [0.15, 0.2) is 12.2 Å². The highest BCUT2D eigenvalue weighted by Gasteiger charge is 2.48. The molecule has 0 amide bonds. The maximum atomic E-state index is 12.4. The summed E-state index contributed by atoms with van der Waals surface area (Å²) in [5, 5.41) is 0. The van der Waals surface area contributed by atoms with Gasteiger partial charge in [-0.15, -0.1) is 0 Å². The number of carbonyl (C=O) groups excluding carboxylic acids is 1. The first-order chi connectivity index (χ1) is 10.2.